The SMILES string of the molecule is c1ccc(-c2nc(-n3c4cc5c(cc4c4ccc6ccccc6c43)C3(c4ccccc4O5)c4ccccc4-c4ccccc43)nc3ccccc23)cc1. The zero-order chi connectivity index (χ0) is 34.7. The Bertz CT molecular complexity index is 3110. The summed E-state index contributed by atoms with van der Waals surface area (Å²) < 4.78 is 9.25. The van der Waals surface area contributed by atoms with Gasteiger partial charge in [-0.3, -0.25) is 4.57 Å². The summed E-state index contributed by atoms with van der Waals surface area (Å²) in [6.45, 7) is 0. The highest BCUT2D eigenvalue weighted by Crippen LogP contribution is 2.62. The summed E-state index contributed by atoms with van der Waals surface area (Å²) in [6, 6.07) is 62.8. The van der Waals surface area contributed by atoms with Crippen LogP contribution in [0.3, 0.4) is 0 Å². The Morgan fingerprint density at radius 2 is 1.11 bits per heavy atom. The van der Waals surface area contributed by atoms with E-state index in [1.165, 1.54) is 22.3 Å². The first-order valence-electron chi connectivity index (χ1n) is 18.1. The number of ether oxygens (including phenoxy) is 1. The molecule has 10 aromatic rings. The van der Waals surface area contributed by atoms with E-state index in [0.717, 1.165) is 77.4 Å². The molecule has 0 atom stereocenters. The van der Waals surface area contributed by atoms with Gasteiger partial charge in [-0.25, -0.2) is 9.97 Å². The Balaban J connectivity index is 1.25. The third-order valence-corrected chi connectivity index (χ3v) is 11.5. The largest absolute Gasteiger partial charge is 0.457 e. The minimum absolute atomic E-state index is 0.559. The van der Waals surface area contributed by atoms with E-state index >= 15 is 0 Å². The maximum absolute atomic E-state index is 6.99. The number of nitrogens with zero attached hydrogens (tertiary/aromatic N) is 3. The van der Waals surface area contributed by atoms with Crippen molar-refractivity contribution in [3.63, 3.8) is 0 Å². The molecule has 246 valence electrons. The number of benzene rings is 8. The van der Waals surface area contributed by atoms with Crippen molar-refractivity contribution in [2.45, 2.75) is 5.41 Å². The number of fused-ring (bicyclic) bond motifs is 15. The van der Waals surface area contributed by atoms with Gasteiger partial charge in [-0.15, -0.1) is 0 Å². The first kappa shape index (κ1) is 28.6. The second kappa shape index (κ2) is 10.5. The van der Waals surface area contributed by atoms with Crippen molar-refractivity contribution >= 4 is 43.5 Å². The average Bonchev–Trinajstić information content (AvgIpc) is 3.71. The summed E-state index contributed by atoms with van der Waals surface area (Å²) in [6.07, 6.45) is 0. The van der Waals surface area contributed by atoms with Gasteiger partial charge in [0.1, 0.15) is 11.5 Å². The summed E-state index contributed by atoms with van der Waals surface area (Å²) in [4.78, 5) is 10.7. The molecule has 4 nitrogen and oxygen atoms in total. The fraction of sp³-hybridized carbons (Fsp3) is 0.0204. The van der Waals surface area contributed by atoms with E-state index in [1.54, 1.807) is 0 Å². The average molecular weight is 676 g/mol. The standard InChI is InChI=1S/C49H29N3O/c1-2-15-31(16-3-1)46-36-20-8-12-24-42(36)50-48(51-46)52-43-29-45-41(28-37(43)35-27-26-30-14-4-5-17-32(30)47(35)52)49(40-23-11-13-25-44(40)53-45)38-21-9-6-18-33(38)34-19-7-10-22-39(34)49/h1-29H. The quantitative estimate of drug-likeness (QED) is 0.183. The molecular weight excluding hydrogens is 647 g/mol. The molecule has 1 aliphatic heterocycles. The Labute approximate surface area is 305 Å². The van der Waals surface area contributed by atoms with Gasteiger partial charge in [-0.05, 0) is 45.8 Å². The van der Waals surface area contributed by atoms with Crippen LogP contribution in [-0.4, -0.2) is 14.5 Å². The van der Waals surface area contributed by atoms with E-state index in [4.69, 9.17) is 14.7 Å². The Kier molecular flexibility index (Phi) is 5.67. The van der Waals surface area contributed by atoms with E-state index in [-0.39, 0.29) is 0 Å². The zero-order valence-corrected chi connectivity index (χ0v) is 28.5. The molecule has 3 heterocycles. The minimum atomic E-state index is -0.559. The molecule has 1 spiro atoms. The van der Waals surface area contributed by atoms with Gasteiger partial charge in [-0.2, -0.15) is 0 Å². The van der Waals surface area contributed by atoms with Crippen LogP contribution in [0.15, 0.2) is 176 Å². The van der Waals surface area contributed by atoms with Crippen molar-refractivity contribution in [3.05, 3.63) is 198 Å². The van der Waals surface area contributed by atoms with Crippen LogP contribution < -0.4 is 4.74 Å². The van der Waals surface area contributed by atoms with Crippen LogP contribution in [0.4, 0.5) is 0 Å². The first-order chi connectivity index (χ1) is 26.3. The third kappa shape index (κ3) is 3.74. The van der Waals surface area contributed by atoms with Crippen LogP contribution in [0, 0.1) is 0 Å². The van der Waals surface area contributed by atoms with Crippen LogP contribution in [0.1, 0.15) is 22.3 Å². The topological polar surface area (TPSA) is 39.9 Å². The lowest BCUT2D eigenvalue weighted by Gasteiger charge is -2.39. The summed E-state index contributed by atoms with van der Waals surface area (Å²) in [5.74, 6) is 2.33. The molecule has 0 unspecified atom stereocenters. The zero-order valence-electron chi connectivity index (χ0n) is 28.5. The van der Waals surface area contributed by atoms with Crippen molar-refractivity contribution in [2.75, 3.05) is 0 Å². The Morgan fingerprint density at radius 3 is 1.92 bits per heavy atom. The monoisotopic (exact) mass is 675 g/mol. The van der Waals surface area contributed by atoms with Gasteiger partial charge in [0.05, 0.1) is 27.7 Å². The number of aromatic nitrogens is 3. The van der Waals surface area contributed by atoms with Crippen LogP contribution in [0.25, 0.3) is 71.8 Å². The normalized spacial score (nSPS) is 13.6. The molecule has 0 N–H and O–H groups in total. The van der Waals surface area contributed by atoms with E-state index < -0.39 is 5.41 Å². The molecule has 8 aromatic carbocycles. The lowest BCUT2D eigenvalue weighted by molar-refractivity contribution is 0.437. The molecule has 1 aliphatic carbocycles. The molecule has 2 aliphatic rings. The number of para-hydroxylation sites is 2. The molecular formula is C49H29N3O. The summed E-state index contributed by atoms with van der Waals surface area (Å²) in [7, 11) is 0. The van der Waals surface area contributed by atoms with E-state index in [9.17, 15) is 0 Å². The van der Waals surface area contributed by atoms with Gasteiger partial charge in [0.15, 0.2) is 0 Å². The number of hydrogen-bond acceptors (Lipinski definition) is 3. The van der Waals surface area contributed by atoms with Crippen molar-refractivity contribution in [3.8, 4) is 39.8 Å². The molecule has 0 saturated carbocycles. The van der Waals surface area contributed by atoms with Crippen LogP contribution >= 0.6 is 0 Å². The predicted octanol–water partition coefficient (Wildman–Crippen LogP) is 12.0. The fourth-order valence-corrected chi connectivity index (χ4v) is 9.31. The van der Waals surface area contributed by atoms with E-state index in [2.05, 4.69) is 168 Å². The molecule has 4 heteroatoms. The van der Waals surface area contributed by atoms with Gasteiger partial charge in [0.25, 0.3) is 0 Å². The van der Waals surface area contributed by atoms with Gasteiger partial charge in [0, 0.05) is 44.3 Å². The molecule has 0 saturated heterocycles. The van der Waals surface area contributed by atoms with Crippen LogP contribution in [-0.2, 0) is 5.41 Å². The van der Waals surface area contributed by atoms with Crippen molar-refractivity contribution in [1.82, 2.24) is 14.5 Å². The first-order valence-corrected chi connectivity index (χ1v) is 18.1. The molecule has 0 radical (unpaired) electrons. The summed E-state index contributed by atoms with van der Waals surface area (Å²) in [5.41, 5.74) is 11.7. The van der Waals surface area contributed by atoms with Gasteiger partial charge in [-0.1, -0.05) is 152 Å². The summed E-state index contributed by atoms with van der Waals surface area (Å²) >= 11 is 0. The lowest BCUT2D eigenvalue weighted by Crippen LogP contribution is -2.32. The fourth-order valence-electron chi connectivity index (χ4n) is 9.31. The molecule has 2 aromatic heterocycles. The second-order valence-electron chi connectivity index (χ2n) is 14.1. The third-order valence-electron chi connectivity index (χ3n) is 11.5. The minimum Gasteiger partial charge on any atom is -0.457 e. The molecule has 0 fully saturated rings. The highest BCUT2D eigenvalue weighted by Gasteiger charge is 2.51. The smallest absolute Gasteiger partial charge is 0.235 e. The highest BCUT2D eigenvalue weighted by atomic mass is 16.5. The number of hydrogen-bond donors (Lipinski definition) is 0. The molecule has 0 amide bonds. The molecule has 0 bridgehead atoms. The van der Waals surface area contributed by atoms with Crippen LogP contribution in [0.2, 0.25) is 0 Å². The highest BCUT2D eigenvalue weighted by molar-refractivity contribution is 6.19. The number of rotatable bonds is 2. The predicted molar refractivity (Wildman–Crippen MR) is 214 cm³/mol. The Hall–Kier alpha value is -7.04. The van der Waals surface area contributed by atoms with Gasteiger partial charge < -0.3 is 4.74 Å². The second-order valence-corrected chi connectivity index (χ2v) is 14.1. The maximum Gasteiger partial charge on any atom is 0.235 e. The van der Waals surface area contributed by atoms with Crippen molar-refractivity contribution in [2.24, 2.45) is 0 Å². The van der Waals surface area contributed by atoms with Crippen LogP contribution in [0.5, 0.6) is 11.5 Å². The van der Waals surface area contributed by atoms with Crippen molar-refractivity contribution in [1.29, 1.82) is 0 Å². The van der Waals surface area contributed by atoms with Gasteiger partial charge >= 0.3 is 0 Å². The summed E-state index contributed by atoms with van der Waals surface area (Å²) in [5, 5.41) is 5.61. The van der Waals surface area contributed by atoms with Crippen molar-refractivity contribution < 1.29 is 4.74 Å². The molecule has 53 heavy (non-hydrogen) atoms. The molecule has 12 rings (SSSR count). The van der Waals surface area contributed by atoms with E-state index in [1.807, 2.05) is 12.1 Å². The van der Waals surface area contributed by atoms with E-state index in [0.29, 0.717) is 5.95 Å². The Morgan fingerprint density at radius 1 is 0.453 bits per heavy atom. The van der Waals surface area contributed by atoms with Gasteiger partial charge in [0.2, 0.25) is 5.95 Å². The lowest BCUT2D eigenvalue weighted by atomic mass is 9.66. The maximum atomic E-state index is 6.99.